The van der Waals surface area contributed by atoms with Crippen LogP contribution in [0.5, 0.6) is 0 Å². The zero-order chi connectivity index (χ0) is 27.3. The molecular weight excluding hydrogens is 469 g/mol. The Hall–Kier alpha value is -1.61. The molecule has 1 atom stereocenters. The first-order valence-corrected chi connectivity index (χ1v) is 16.2. The van der Waals surface area contributed by atoms with Crippen LogP contribution < -0.4 is 5.46 Å². The Balaban J connectivity index is 2.04. The van der Waals surface area contributed by atoms with Gasteiger partial charge in [0, 0.05) is 23.0 Å². The number of fused-ring (bicyclic) bond motifs is 1. The van der Waals surface area contributed by atoms with Crippen LogP contribution in [-0.4, -0.2) is 50.8 Å². The molecule has 1 aromatic heterocycles. The molecule has 0 unspecified atom stereocenters. The van der Waals surface area contributed by atoms with Crippen LogP contribution in [0.4, 0.5) is 0 Å². The lowest BCUT2D eigenvalue weighted by atomic mass is 9.74. The molecule has 1 fully saturated rings. The summed E-state index contributed by atoms with van der Waals surface area (Å²) in [5.41, 5.74) is 3.43. The second-order valence-corrected chi connectivity index (χ2v) is 17.5. The quantitative estimate of drug-likeness (QED) is 0.322. The predicted octanol–water partition coefficient (Wildman–Crippen LogP) is 6.47. The number of H-pyrrole nitrogens is 1. The SMILES string of the molecule is CCOC(=O)c1[nH]c2c(B3OC(C)(C)C(C)(C)O3)c(C)ccc2c1[C@H](C)CCO[Si](C)(C)C(C)(C)C. The zero-order valence-electron chi connectivity index (χ0n) is 24.5. The van der Waals surface area contributed by atoms with Crippen molar-refractivity contribution in [2.45, 2.75) is 111 Å². The molecule has 8 heteroatoms. The summed E-state index contributed by atoms with van der Waals surface area (Å²) in [7, 11) is -2.38. The molecule has 1 aliphatic heterocycles. The largest absolute Gasteiger partial charge is 0.497 e. The maximum absolute atomic E-state index is 13.1. The molecule has 1 N–H and O–H groups in total. The molecule has 3 rings (SSSR count). The van der Waals surface area contributed by atoms with Crippen molar-refractivity contribution >= 4 is 37.8 Å². The second-order valence-electron chi connectivity index (χ2n) is 12.7. The first-order valence-electron chi connectivity index (χ1n) is 13.3. The van der Waals surface area contributed by atoms with Crippen molar-refractivity contribution in [3.63, 3.8) is 0 Å². The molecule has 6 nitrogen and oxygen atoms in total. The minimum Gasteiger partial charge on any atom is -0.461 e. The molecular formula is C28H46BNO5Si. The topological polar surface area (TPSA) is 69.8 Å². The summed E-state index contributed by atoms with van der Waals surface area (Å²) in [6.07, 6.45) is 0.811. The van der Waals surface area contributed by atoms with E-state index >= 15 is 0 Å². The van der Waals surface area contributed by atoms with Gasteiger partial charge in [-0.1, -0.05) is 39.8 Å². The van der Waals surface area contributed by atoms with Gasteiger partial charge < -0.3 is 23.5 Å². The van der Waals surface area contributed by atoms with Gasteiger partial charge in [-0.3, -0.25) is 0 Å². The summed E-state index contributed by atoms with van der Waals surface area (Å²) < 4.78 is 24.8. The first kappa shape index (κ1) is 29.0. The van der Waals surface area contributed by atoms with Crippen molar-refractivity contribution < 1.29 is 23.3 Å². The Morgan fingerprint density at radius 2 is 1.72 bits per heavy atom. The highest BCUT2D eigenvalue weighted by Gasteiger charge is 2.52. The number of aryl methyl sites for hydroxylation is 1. The highest BCUT2D eigenvalue weighted by Crippen LogP contribution is 2.40. The number of carbonyl (C=O) groups excluding carboxylic acids is 1. The van der Waals surface area contributed by atoms with Gasteiger partial charge in [0.1, 0.15) is 5.69 Å². The summed E-state index contributed by atoms with van der Waals surface area (Å²) in [6.45, 7) is 26.5. The Labute approximate surface area is 219 Å². The van der Waals surface area contributed by atoms with Crippen molar-refractivity contribution in [1.82, 2.24) is 4.98 Å². The van der Waals surface area contributed by atoms with Gasteiger partial charge in [-0.15, -0.1) is 0 Å². The van der Waals surface area contributed by atoms with Crippen molar-refractivity contribution in [1.29, 1.82) is 0 Å². The van der Waals surface area contributed by atoms with E-state index in [1.165, 1.54) is 0 Å². The van der Waals surface area contributed by atoms with Crippen molar-refractivity contribution in [3.05, 3.63) is 29.0 Å². The third kappa shape index (κ3) is 5.33. The molecule has 0 spiro atoms. The molecule has 0 bridgehead atoms. The fraction of sp³-hybridized carbons (Fsp3) is 0.679. The Morgan fingerprint density at radius 3 is 2.25 bits per heavy atom. The average molecular weight is 516 g/mol. The molecule has 2 aromatic rings. The summed E-state index contributed by atoms with van der Waals surface area (Å²) in [5, 5.41) is 1.16. The maximum atomic E-state index is 13.1. The van der Waals surface area contributed by atoms with Crippen LogP contribution in [0.15, 0.2) is 12.1 Å². The van der Waals surface area contributed by atoms with Gasteiger partial charge in [0.05, 0.1) is 17.8 Å². The van der Waals surface area contributed by atoms with Gasteiger partial charge in [0.2, 0.25) is 0 Å². The van der Waals surface area contributed by atoms with Crippen LogP contribution in [0.3, 0.4) is 0 Å². The number of carbonyl (C=O) groups is 1. The summed E-state index contributed by atoms with van der Waals surface area (Å²) in [4.78, 5) is 16.5. The van der Waals surface area contributed by atoms with Crippen LogP contribution in [0.1, 0.15) is 96.3 Å². The van der Waals surface area contributed by atoms with Crippen LogP contribution in [0, 0.1) is 6.92 Å². The molecule has 1 saturated heterocycles. The lowest BCUT2D eigenvalue weighted by Crippen LogP contribution is -2.41. The molecule has 2 heterocycles. The van der Waals surface area contributed by atoms with Crippen LogP contribution in [0.2, 0.25) is 18.1 Å². The van der Waals surface area contributed by atoms with E-state index in [0.29, 0.717) is 18.9 Å². The van der Waals surface area contributed by atoms with E-state index in [2.05, 4.69) is 92.5 Å². The maximum Gasteiger partial charge on any atom is 0.497 e. The lowest BCUT2D eigenvalue weighted by Gasteiger charge is -2.36. The summed E-state index contributed by atoms with van der Waals surface area (Å²) >= 11 is 0. The second kappa shape index (κ2) is 9.93. The fourth-order valence-corrected chi connectivity index (χ4v) is 5.46. The molecule has 0 saturated carbocycles. The molecule has 0 amide bonds. The highest BCUT2D eigenvalue weighted by atomic mass is 28.4. The molecule has 36 heavy (non-hydrogen) atoms. The van der Waals surface area contributed by atoms with Crippen molar-refractivity contribution in [2.75, 3.05) is 13.2 Å². The van der Waals surface area contributed by atoms with E-state index in [1.54, 1.807) is 0 Å². The predicted molar refractivity (Wildman–Crippen MR) is 151 cm³/mol. The van der Waals surface area contributed by atoms with Crippen molar-refractivity contribution in [2.24, 2.45) is 0 Å². The standard InChI is InChI=1S/C28H46BNO5Si/c1-13-32-25(31)24-21(18(2)16-17-33-36(11,12)26(4,5)6)20-15-14-19(3)22(23(20)30-24)29-34-27(7,8)28(9,10)35-29/h14-15,18,30H,13,16-17H2,1-12H3/t18-/m1/s1. The third-order valence-corrected chi connectivity index (χ3v) is 13.1. The normalized spacial score (nSPS) is 18.6. The van der Waals surface area contributed by atoms with Crippen LogP contribution >= 0.6 is 0 Å². The molecule has 1 aliphatic rings. The number of aromatic nitrogens is 1. The van der Waals surface area contributed by atoms with Crippen LogP contribution in [-0.2, 0) is 18.5 Å². The molecule has 0 aliphatic carbocycles. The molecule has 0 radical (unpaired) electrons. The minimum atomic E-state index is -1.85. The summed E-state index contributed by atoms with van der Waals surface area (Å²) in [6, 6.07) is 4.19. The number of benzene rings is 1. The van der Waals surface area contributed by atoms with Crippen molar-refractivity contribution in [3.8, 4) is 0 Å². The first-order chi connectivity index (χ1) is 16.4. The Bertz CT molecular complexity index is 1100. The smallest absolute Gasteiger partial charge is 0.461 e. The van der Waals surface area contributed by atoms with E-state index in [9.17, 15) is 4.79 Å². The van der Waals surface area contributed by atoms with E-state index in [0.717, 1.165) is 33.9 Å². The zero-order valence-corrected chi connectivity index (χ0v) is 25.5. The van der Waals surface area contributed by atoms with Gasteiger partial charge in [-0.05, 0) is 83.1 Å². The highest BCUT2D eigenvalue weighted by molar-refractivity contribution is 6.74. The Kier molecular flexibility index (Phi) is 7.99. The minimum absolute atomic E-state index is 0.0942. The van der Waals surface area contributed by atoms with Gasteiger partial charge in [0.25, 0.3) is 0 Å². The molecule has 200 valence electrons. The number of ether oxygens (including phenoxy) is 1. The van der Waals surface area contributed by atoms with E-state index in [4.69, 9.17) is 18.5 Å². The number of aromatic amines is 1. The lowest BCUT2D eigenvalue weighted by molar-refractivity contribution is 0.00578. The number of hydrogen-bond acceptors (Lipinski definition) is 5. The molecule has 1 aromatic carbocycles. The van der Waals surface area contributed by atoms with Crippen LogP contribution in [0.25, 0.3) is 10.9 Å². The number of hydrogen-bond donors (Lipinski definition) is 1. The van der Waals surface area contributed by atoms with Gasteiger partial charge >= 0.3 is 13.1 Å². The fourth-order valence-electron chi connectivity index (χ4n) is 4.40. The van der Waals surface area contributed by atoms with Gasteiger partial charge in [-0.25, -0.2) is 4.79 Å². The number of esters is 1. The van der Waals surface area contributed by atoms with Gasteiger partial charge in [-0.2, -0.15) is 0 Å². The number of nitrogens with one attached hydrogen (secondary N) is 1. The number of rotatable bonds is 8. The average Bonchev–Trinajstić information content (AvgIpc) is 3.20. The van der Waals surface area contributed by atoms with Gasteiger partial charge in [0.15, 0.2) is 8.32 Å². The third-order valence-electron chi connectivity index (χ3n) is 8.55. The van der Waals surface area contributed by atoms with E-state index in [-0.39, 0.29) is 16.9 Å². The summed E-state index contributed by atoms with van der Waals surface area (Å²) in [5.74, 6) is -0.241. The van der Waals surface area contributed by atoms with E-state index in [1.807, 2.05) is 6.92 Å². The Morgan fingerprint density at radius 1 is 1.14 bits per heavy atom. The monoisotopic (exact) mass is 515 g/mol. The van der Waals surface area contributed by atoms with E-state index < -0.39 is 26.6 Å².